The summed E-state index contributed by atoms with van der Waals surface area (Å²) in [7, 11) is 2.05. The predicted octanol–water partition coefficient (Wildman–Crippen LogP) is 3.44. The summed E-state index contributed by atoms with van der Waals surface area (Å²) in [5.74, 6) is 1.30. The Hall–Kier alpha value is -0.530. The van der Waals surface area contributed by atoms with Gasteiger partial charge in [0.1, 0.15) is 0 Å². The van der Waals surface area contributed by atoms with Gasteiger partial charge in [-0.25, -0.2) is 0 Å². The van der Waals surface area contributed by atoms with Crippen molar-refractivity contribution in [3.8, 4) is 0 Å². The number of nitrogens with one attached hydrogen (secondary N) is 1. The van der Waals surface area contributed by atoms with Gasteiger partial charge in [-0.2, -0.15) is 0 Å². The first kappa shape index (κ1) is 11.0. The molecular weight excluding hydrogens is 206 g/mol. The van der Waals surface area contributed by atoms with E-state index in [1.165, 1.54) is 18.4 Å². The van der Waals surface area contributed by atoms with Crippen LogP contribution in [0.4, 0.5) is 0 Å². The molecule has 0 saturated heterocycles. The summed E-state index contributed by atoms with van der Waals surface area (Å²) in [6, 6.07) is 8.89. The van der Waals surface area contributed by atoms with Crippen molar-refractivity contribution in [1.82, 2.24) is 5.32 Å². The summed E-state index contributed by atoms with van der Waals surface area (Å²) < 4.78 is 0. The molecule has 2 rings (SSSR count). The van der Waals surface area contributed by atoms with Crippen molar-refractivity contribution >= 4 is 11.6 Å². The van der Waals surface area contributed by atoms with Crippen LogP contribution in [-0.4, -0.2) is 13.1 Å². The fraction of sp³-hybridized carbons (Fsp3) is 0.538. The Morgan fingerprint density at radius 2 is 2.00 bits per heavy atom. The maximum atomic E-state index is 6.24. The molecule has 2 heteroatoms. The largest absolute Gasteiger partial charge is 0.317 e. The molecule has 1 aliphatic rings. The molecule has 15 heavy (non-hydrogen) atoms. The minimum atomic E-state index is 0.621. The molecule has 0 spiro atoms. The van der Waals surface area contributed by atoms with Gasteiger partial charge in [0.05, 0.1) is 0 Å². The van der Waals surface area contributed by atoms with Crippen LogP contribution in [0.15, 0.2) is 24.3 Å². The molecule has 1 aromatic rings. The van der Waals surface area contributed by atoms with E-state index in [0.29, 0.717) is 17.9 Å². The summed E-state index contributed by atoms with van der Waals surface area (Å²) >= 11 is 6.24. The van der Waals surface area contributed by atoms with Gasteiger partial charge in [0.2, 0.25) is 0 Å². The van der Waals surface area contributed by atoms with Crippen molar-refractivity contribution in [2.24, 2.45) is 5.92 Å². The first-order valence-electron chi connectivity index (χ1n) is 5.65. The predicted molar refractivity (Wildman–Crippen MR) is 65.4 cm³/mol. The lowest BCUT2D eigenvalue weighted by atomic mass is 9.89. The topological polar surface area (TPSA) is 12.0 Å². The maximum Gasteiger partial charge on any atom is 0.0440 e. The van der Waals surface area contributed by atoms with Gasteiger partial charge in [0, 0.05) is 11.1 Å². The zero-order chi connectivity index (χ0) is 10.8. The van der Waals surface area contributed by atoms with Crippen LogP contribution in [0, 0.1) is 5.92 Å². The smallest absolute Gasteiger partial charge is 0.0440 e. The van der Waals surface area contributed by atoms with E-state index < -0.39 is 0 Å². The molecule has 3 unspecified atom stereocenters. The summed E-state index contributed by atoms with van der Waals surface area (Å²) in [5.41, 5.74) is 1.32. The zero-order valence-corrected chi connectivity index (χ0v) is 10.1. The molecule has 0 heterocycles. The molecule has 0 amide bonds. The fourth-order valence-corrected chi connectivity index (χ4v) is 3.06. The van der Waals surface area contributed by atoms with Crippen molar-refractivity contribution < 1.29 is 0 Å². The summed E-state index contributed by atoms with van der Waals surface area (Å²) in [5, 5.41) is 4.31. The normalized spacial score (nSPS) is 30.7. The van der Waals surface area contributed by atoms with E-state index in [4.69, 9.17) is 11.6 Å². The lowest BCUT2D eigenvalue weighted by Gasteiger charge is -2.21. The van der Waals surface area contributed by atoms with Crippen LogP contribution >= 0.6 is 11.6 Å². The highest BCUT2D eigenvalue weighted by Crippen LogP contribution is 2.41. The SMILES string of the molecule is CNC1CCC(c2ccccc2Cl)C1C. The molecule has 82 valence electrons. The van der Waals surface area contributed by atoms with E-state index in [9.17, 15) is 0 Å². The van der Waals surface area contributed by atoms with Crippen LogP contribution in [0.3, 0.4) is 0 Å². The molecule has 1 fully saturated rings. The summed E-state index contributed by atoms with van der Waals surface area (Å²) in [4.78, 5) is 0. The van der Waals surface area contributed by atoms with Crippen LogP contribution in [0.5, 0.6) is 0 Å². The van der Waals surface area contributed by atoms with Gasteiger partial charge in [0.15, 0.2) is 0 Å². The Labute approximate surface area is 96.8 Å². The second-order valence-corrected chi connectivity index (χ2v) is 4.87. The van der Waals surface area contributed by atoms with Crippen molar-refractivity contribution in [2.45, 2.75) is 31.7 Å². The van der Waals surface area contributed by atoms with Crippen LogP contribution in [0.25, 0.3) is 0 Å². The maximum absolute atomic E-state index is 6.24. The monoisotopic (exact) mass is 223 g/mol. The number of hydrogen-bond donors (Lipinski definition) is 1. The summed E-state index contributed by atoms with van der Waals surface area (Å²) in [6.45, 7) is 2.32. The molecule has 1 aromatic carbocycles. The van der Waals surface area contributed by atoms with Gasteiger partial charge < -0.3 is 5.32 Å². The minimum absolute atomic E-state index is 0.621. The molecule has 1 saturated carbocycles. The highest BCUT2D eigenvalue weighted by atomic mass is 35.5. The molecule has 0 bridgehead atoms. The molecule has 0 aromatic heterocycles. The van der Waals surface area contributed by atoms with E-state index >= 15 is 0 Å². The average molecular weight is 224 g/mol. The number of hydrogen-bond acceptors (Lipinski definition) is 1. The highest BCUT2D eigenvalue weighted by molar-refractivity contribution is 6.31. The quantitative estimate of drug-likeness (QED) is 0.810. The fourth-order valence-electron chi connectivity index (χ4n) is 2.79. The molecule has 1 nitrogen and oxygen atoms in total. The first-order chi connectivity index (χ1) is 7.24. The van der Waals surface area contributed by atoms with E-state index in [-0.39, 0.29) is 0 Å². The van der Waals surface area contributed by atoms with E-state index in [1.54, 1.807) is 0 Å². The van der Waals surface area contributed by atoms with Crippen molar-refractivity contribution in [2.75, 3.05) is 7.05 Å². The Bertz CT molecular complexity index is 337. The second kappa shape index (κ2) is 4.54. The lowest BCUT2D eigenvalue weighted by Crippen LogP contribution is -2.28. The molecule has 0 aliphatic heterocycles. The number of halogens is 1. The Morgan fingerprint density at radius 3 is 2.60 bits per heavy atom. The molecule has 1 N–H and O–H groups in total. The molecule has 1 aliphatic carbocycles. The molecular formula is C13H18ClN. The Balaban J connectivity index is 2.22. The molecule has 0 radical (unpaired) electrons. The van der Waals surface area contributed by atoms with E-state index in [2.05, 4.69) is 31.4 Å². The molecule has 3 atom stereocenters. The third-order valence-electron chi connectivity index (χ3n) is 3.73. The number of benzene rings is 1. The zero-order valence-electron chi connectivity index (χ0n) is 9.33. The average Bonchev–Trinajstić information content (AvgIpc) is 2.60. The first-order valence-corrected chi connectivity index (χ1v) is 6.03. The van der Waals surface area contributed by atoms with Gasteiger partial charge in [0.25, 0.3) is 0 Å². The van der Waals surface area contributed by atoms with Crippen LogP contribution in [0.2, 0.25) is 5.02 Å². The van der Waals surface area contributed by atoms with Crippen LogP contribution in [-0.2, 0) is 0 Å². The van der Waals surface area contributed by atoms with Crippen LogP contribution < -0.4 is 5.32 Å². The number of rotatable bonds is 2. The second-order valence-electron chi connectivity index (χ2n) is 4.46. The third-order valence-corrected chi connectivity index (χ3v) is 4.08. The van der Waals surface area contributed by atoms with Gasteiger partial charge in [-0.1, -0.05) is 36.7 Å². The van der Waals surface area contributed by atoms with Gasteiger partial charge in [-0.3, -0.25) is 0 Å². The lowest BCUT2D eigenvalue weighted by molar-refractivity contribution is 0.429. The Morgan fingerprint density at radius 1 is 1.27 bits per heavy atom. The Kier molecular flexibility index (Phi) is 3.32. The highest BCUT2D eigenvalue weighted by Gasteiger charge is 2.33. The minimum Gasteiger partial charge on any atom is -0.317 e. The standard InChI is InChI=1S/C13H18ClN/c1-9-10(7-8-13(9)15-2)11-5-3-4-6-12(11)14/h3-6,9-10,13,15H,7-8H2,1-2H3. The van der Waals surface area contributed by atoms with E-state index in [0.717, 1.165) is 5.02 Å². The van der Waals surface area contributed by atoms with E-state index in [1.807, 2.05) is 12.1 Å². The summed E-state index contributed by atoms with van der Waals surface area (Å²) in [6.07, 6.45) is 2.50. The van der Waals surface area contributed by atoms with Crippen molar-refractivity contribution in [3.05, 3.63) is 34.9 Å². The van der Waals surface area contributed by atoms with Gasteiger partial charge in [-0.15, -0.1) is 0 Å². The van der Waals surface area contributed by atoms with Crippen LogP contribution in [0.1, 0.15) is 31.2 Å². The third kappa shape index (κ3) is 2.04. The van der Waals surface area contributed by atoms with Gasteiger partial charge in [-0.05, 0) is 43.4 Å². The van der Waals surface area contributed by atoms with Gasteiger partial charge >= 0.3 is 0 Å². The van der Waals surface area contributed by atoms with Crippen molar-refractivity contribution in [3.63, 3.8) is 0 Å². The van der Waals surface area contributed by atoms with Crippen molar-refractivity contribution in [1.29, 1.82) is 0 Å².